The highest BCUT2D eigenvalue weighted by Crippen LogP contribution is 2.33. The second-order valence-corrected chi connectivity index (χ2v) is 9.14. The van der Waals surface area contributed by atoms with Crippen molar-refractivity contribution in [2.24, 2.45) is 5.92 Å². The number of carbonyl (C=O) groups excluding carboxylic acids is 2. The molecule has 2 amide bonds. The molecule has 3 heterocycles. The number of hydrogen-bond acceptors (Lipinski definition) is 5. The molecule has 0 aromatic carbocycles. The van der Waals surface area contributed by atoms with Gasteiger partial charge in [0.1, 0.15) is 5.60 Å². The van der Waals surface area contributed by atoms with Crippen LogP contribution in [0.3, 0.4) is 0 Å². The summed E-state index contributed by atoms with van der Waals surface area (Å²) in [4.78, 5) is 33.4. The minimum Gasteiger partial charge on any atom is -0.441 e. The first-order valence-corrected chi connectivity index (χ1v) is 10.4. The first-order valence-electron chi connectivity index (χ1n) is 10.4. The van der Waals surface area contributed by atoms with Crippen LogP contribution in [-0.2, 0) is 9.53 Å². The number of rotatable bonds is 5. The lowest BCUT2D eigenvalue weighted by Gasteiger charge is -2.40. The van der Waals surface area contributed by atoms with Gasteiger partial charge < -0.3 is 24.3 Å². The van der Waals surface area contributed by atoms with E-state index in [1.807, 2.05) is 9.80 Å². The van der Waals surface area contributed by atoms with Crippen molar-refractivity contribution in [1.29, 1.82) is 0 Å². The molecule has 0 aliphatic carbocycles. The molecule has 3 aliphatic rings. The average Bonchev–Trinajstić information content (AvgIpc) is 2.92. The van der Waals surface area contributed by atoms with Crippen molar-refractivity contribution in [2.45, 2.75) is 51.2 Å². The summed E-state index contributed by atoms with van der Waals surface area (Å²) in [5, 5.41) is 0. The third-order valence-electron chi connectivity index (χ3n) is 6.44. The molecule has 1 spiro atoms. The molecule has 1 atom stereocenters. The molecule has 27 heavy (non-hydrogen) atoms. The number of carbonyl (C=O) groups is 2. The fraction of sp³-hybridized carbons (Fsp3) is 0.900. The highest BCUT2D eigenvalue weighted by atomic mass is 16.6. The van der Waals surface area contributed by atoms with E-state index >= 15 is 0 Å². The predicted octanol–water partition coefficient (Wildman–Crippen LogP) is 1.48. The minimum absolute atomic E-state index is 0.178. The summed E-state index contributed by atoms with van der Waals surface area (Å²) in [6.07, 6.45) is 2.90. The second-order valence-electron chi connectivity index (χ2n) is 9.14. The first kappa shape index (κ1) is 20.4. The van der Waals surface area contributed by atoms with Crippen LogP contribution in [0.15, 0.2) is 0 Å². The van der Waals surface area contributed by atoms with Gasteiger partial charge >= 0.3 is 6.09 Å². The van der Waals surface area contributed by atoms with Crippen LogP contribution in [0.5, 0.6) is 0 Å². The van der Waals surface area contributed by atoms with Gasteiger partial charge in [0.05, 0.1) is 6.54 Å². The van der Waals surface area contributed by atoms with Crippen LogP contribution >= 0.6 is 0 Å². The molecule has 0 radical (unpaired) electrons. The van der Waals surface area contributed by atoms with Gasteiger partial charge in [-0.25, -0.2) is 4.79 Å². The van der Waals surface area contributed by atoms with E-state index in [4.69, 9.17) is 4.74 Å². The summed E-state index contributed by atoms with van der Waals surface area (Å²) in [5.74, 6) is 0.809. The number of piperidine rings is 1. The van der Waals surface area contributed by atoms with Gasteiger partial charge in [0.2, 0.25) is 5.91 Å². The van der Waals surface area contributed by atoms with Gasteiger partial charge in [0.15, 0.2) is 0 Å². The zero-order valence-corrected chi connectivity index (χ0v) is 17.4. The Morgan fingerprint density at radius 3 is 2.56 bits per heavy atom. The number of ether oxygens (including phenoxy) is 1. The summed E-state index contributed by atoms with van der Waals surface area (Å²) >= 11 is 0. The number of likely N-dealkylation sites (N-methyl/N-ethyl adjacent to an activating group) is 2. The number of likely N-dealkylation sites (tertiary alicyclic amines) is 1. The molecule has 3 rings (SSSR count). The molecular formula is C20H36N4O3. The Hall–Kier alpha value is -1.34. The van der Waals surface area contributed by atoms with E-state index in [0.29, 0.717) is 38.0 Å². The molecule has 0 aromatic rings. The van der Waals surface area contributed by atoms with E-state index in [1.165, 1.54) is 0 Å². The van der Waals surface area contributed by atoms with E-state index in [9.17, 15) is 9.59 Å². The fourth-order valence-electron chi connectivity index (χ4n) is 4.36. The summed E-state index contributed by atoms with van der Waals surface area (Å²) in [7, 11) is 4.23. The van der Waals surface area contributed by atoms with Crippen molar-refractivity contribution in [3.05, 3.63) is 0 Å². The Morgan fingerprint density at radius 2 is 1.89 bits per heavy atom. The van der Waals surface area contributed by atoms with Crippen LogP contribution in [-0.4, -0.2) is 103 Å². The van der Waals surface area contributed by atoms with Crippen LogP contribution in [0.4, 0.5) is 4.79 Å². The van der Waals surface area contributed by atoms with Crippen molar-refractivity contribution in [3.8, 4) is 0 Å². The molecule has 7 nitrogen and oxygen atoms in total. The zero-order valence-electron chi connectivity index (χ0n) is 17.4. The summed E-state index contributed by atoms with van der Waals surface area (Å²) in [6.45, 7) is 10.2. The van der Waals surface area contributed by atoms with Crippen molar-refractivity contribution < 1.29 is 14.3 Å². The van der Waals surface area contributed by atoms with Crippen molar-refractivity contribution >= 4 is 12.0 Å². The third-order valence-corrected chi connectivity index (χ3v) is 6.44. The maximum atomic E-state index is 12.8. The average molecular weight is 381 g/mol. The van der Waals surface area contributed by atoms with E-state index < -0.39 is 0 Å². The van der Waals surface area contributed by atoms with Crippen LogP contribution < -0.4 is 0 Å². The lowest BCUT2D eigenvalue weighted by atomic mass is 9.91. The highest BCUT2D eigenvalue weighted by Gasteiger charge is 2.47. The van der Waals surface area contributed by atoms with Gasteiger partial charge in [0.25, 0.3) is 0 Å². The Kier molecular flexibility index (Phi) is 6.31. The summed E-state index contributed by atoms with van der Waals surface area (Å²) in [5.41, 5.74) is -0.382. The molecule has 0 N–H and O–H groups in total. The van der Waals surface area contributed by atoms with Crippen molar-refractivity contribution in [1.82, 2.24) is 19.6 Å². The molecule has 3 fully saturated rings. The van der Waals surface area contributed by atoms with E-state index in [2.05, 4.69) is 37.7 Å². The fourth-order valence-corrected chi connectivity index (χ4v) is 4.36. The lowest BCUT2D eigenvalue weighted by molar-refractivity contribution is -0.136. The molecule has 0 saturated carbocycles. The van der Waals surface area contributed by atoms with E-state index in [0.717, 1.165) is 45.4 Å². The Balaban J connectivity index is 1.48. The van der Waals surface area contributed by atoms with E-state index in [1.54, 1.807) is 0 Å². The largest absolute Gasteiger partial charge is 0.441 e. The smallest absolute Gasteiger partial charge is 0.410 e. The zero-order chi connectivity index (χ0) is 19.6. The second kappa shape index (κ2) is 8.35. The normalized spacial score (nSPS) is 26.9. The molecule has 0 unspecified atom stereocenters. The Morgan fingerprint density at radius 1 is 1.19 bits per heavy atom. The maximum Gasteiger partial charge on any atom is 0.410 e. The van der Waals surface area contributed by atoms with Gasteiger partial charge in [-0.2, -0.15) is 0 Å². The monoisotopic (exact) mass is 380 g/mol. The molecule has 7 heteroatoms. The van der Waals surface area contributed by atoms with Crippen LogP contribution in [0.2, 0.25) is 0 Å². The number of nitrogens with zero attached hydrogens (tertiary/aromatic N) is 4. The first-order chi connectivity index (χ1) is 12.8. The van der Waals surface area contributed by atoms with Gasteiger partial charge in [-0.3, -0.25) is 4.79 Å². The van der Waals surface area contributed by atoms with Gasteiger partial charge in [-0.05, 0) is 26.4 Å². The van der Waals surface area contributed by atoms with Gasteiger partial charge in [-0.1, -0.05) is 13.8 Å². The molecule has 3 saturated heterocycles. The number of hydrogen-bond donors (Lipinski definition) is 0. The maximum absolute atomic E-state index is 12.8. The molecule has 3 aliphatic heterocycles. The molecule has 154 valence electrons. The molecule has 0 bridgehead atoms. The molecular weight excluding hydrogens is 344 g/mol. The Bertz CT molecular complexity index is 545. The van der Waals surface area contributed by atoms with Gasteiger partial charge in [-0.15, -0.1) is 0 Å². The topological polar surface area (TPSA) is 56.3 Å². The highest BCUT2D eigenvalue weighted by molar-refractivity contribution is 5.77. The van der Waals surface area contributed by atoms with Crippen molar-refractivity contribution in [2.75, 3.05) is 59.9 Å². The standard InChI is InChI=1S/C20H36N4O3/c1-16(2)5-8-24-15-20(27-19(24)26)6-9-23(10-7-20)18(25)13-17-14-21(3)11-12-22(17)4/h16-17H,5-15H2,1-4H3/t17-/m1/s1. The van der Waals surface area contributed by atoms with Crippen LogP contribution in [0.25, 0.3) is 0 Å². The number of piperazine rings is 1. The minimum atomic E-state index is -0.382. The summed E-state index contributed by atoms with van der Waals surface area (Å²) < 4.78 is 5.78. The SMILES string of the molecule is CC(C)CCN1CC2(CCN(C(=O)C[C@@H]3CN(C)CCN3C)CC2)OC1=O. The van der Waals surface area contributed by atoms with Crippen LogP contribution in [0, 0.1) is 5.92 Å². The van der Waals surface area contributed by atoms with Gasteiger partial charge in [0, 0.05) is 64.6 Å². The lowest BCUT2D eigenvalue weighted by Crippen LogP contribution is -2.53. The Labute approximate surface area is 163 Å². The van der Waals surface area contributed by atoms with Crippen molar-refractivity contribution in [3.63, 3.8) is 0 Å². The number of amides is 2. The molecule has 0 aromatic heterocycles. The summed E-state index contributed by atoms with van der Waals surface area (Å²) in [6, 6.07) is 0.294. The van der Waals surface area contributed by atoms with E-state index in [-0.39, 0.29) is 17.6 Å². The van der Waals surface area contributed by atoms with Crippen LogP contribution in [0.1, 0.15) is 39.5 Å². The quantitative estimate of drug-likeness (QED) is 0.723. The predicted molar refractivity (Wildman–Crippen MR) is 105 cm³/mol. The third kappa shape index (κ3) is 4.93.